The first-order valence-electron chi connectivity index (χ1n) is 19.7. The molecule has 2 aliphatic heterocycles. The maximum Gasteiger partial charge on any atom is 0.330 e. The highest BCUT2D eigenvalue weighted by atomic mass is 16.5. The number of nitrogens with zero attached hydrogens (tertiary/aromatic N) is 1. The van der Waals surface area contributed by atoms with Crippen molar-refractivity contribution in [3.63, 3.8) is 0 Å². The van der Waals surface area contributed by atoms with Crippen molar-refractivity contribution in [1.29, 1.82) is 0 Å². The van der Waals surface area contributed by atoms with Crippen molar-refractivity contribution >= 4 is 41.3 Å². The van der Waals surface area contributed by atoms with Gasteiger partial charge < -0.3 is 40.7 Å². The predicted octanol–water partition coefficient (Wildman–Crippen LogP) is 2.37. The van der Waals surface area contributed by atoms with Gasteiger partial charge in [0.25, 0.3) is 5.91 Å². The van der Waals surface area contributed by atoms with Gasteiger partial charge in [0.05, 0.1) is 31.7 Å². The van der Waals surface area contributed by atoms with Gasteiger partial charge in [0.2, 0.25) is 29.4 Å². The number of benzene rings is 2. The Bertz CT molecular complexity index is 1720. The maximum absolute atomic E-state index is 14.5. The van der Waals surface area contributed by atoms with E-state index in [0.717, 1.165) is 37.7 Å². The molecule has 1 aliphatic carbocycles. The molecule has 2 fully saturated rings. The van der Waals surface area contributed by atoms with E-state index in [2.05, 4.69) is 21.3 Å². The number of carbonyl (C=O) groups is 7. The van der Waals surface area contributed by atoms with Gasteiger partial charge in [-0.1, -0.05) is 75.1 Å². The molecule has 56 heavy (non-hydrogen) atoms. The molecule has 4 bridgehead atoms. The fraction of sp³-hybridized carbons (Fsp3) is 0.537. The predicted molar refractivity (Wildman–Crippen MR) is 203 cm³/mol. The number of carboxylic acid groups (broad SMARTS) is 1. The third kappa shape index (κ3) is 11.6. The van der Waals surface area contributed by atoms with Crippen molar-refractivity contribution in [1.82, 2.24) is 26.2 Å². The summed E-state index contributed by atoms with van der Waals surface area (Å²) in [5.74, 6) is -5.08. The Hall–Kier alpha value is -5.31. The van der Waals surface area contributed by atoms with E-state index >= 15 is 0 Å². The highest BCUT2D eigenvalue weighted by Crippen LogP contribution is 2.30. The van der Waals surface area contributed by atoms with Crippen molar-refractivity contribution in [3.8, 4) is 5.75 Å². The summed E-state index contributed by atoms with van der Waals surface area (Å²) in [6.45, 7) is 2.03. The number of hydrogen-bond acceptors (Lipinski definition) is 9. The summed E-state index contributed by atoms with van der Waals surface area (Å²) < 4.78 is 12.1. The summed E-state index contributed by atoms with van der Waals surface area (Å²) in [7, 11) is 0. The van der Waals surface area contributed by atoms with Crippen LogP contribution in [-0.4, -0.2) is 102 Å². The zero-order valence-electron chi connectivity index (χ0n) is 31.8. The molecular formula is C41H53N5O10. The van der Waals surface area contributed by atoms with E-state index < -0.39 is 72.2 Å². The Labute approximate surface area is 326 Å². The number of aliphatic carboxylic acids is 1. The molecule has 2 heterocycles. The van der Waals surface area contributed by atoms with Gasteiger partial charge in [0.1, 0.15) is 17.8 Å². The molecule has 5 amide bonds. The lowest BCUT2D eigenvalue weighted by molar-refractivity contribution is -0.144. The minimum atomic E-state index is -1.37. The largest absolute Gasteiger partial charge is 0.494 e. The van der Waals surface area contributed by atoms with Crippen LogP contribution in [0.15, 0.2) is 54.6 Å². The first-order valence-corrected chi connectivity index (χ1v) is 19.7. The first-order chi connectivity index (χ1) is 27.0. The molecule has 2 aromatic rings. The van der Waals surface area contributed by atoms with Crippen LogP contribution in [0.4, 0.5) is 0 Å². The van der Waals surface area contributed by atoms with E-state index in [1.165, 1.54) is 17.0 Å². The number of ether oxygens (including phenoxy) is 2. The van der Waals surface area contributed by atoms with E-state index in [-0.39, 0.29) is 37.6 Å². The van der Waals surface area contributed by atoms with Crippen molar-refractivity contribution in [2.45, 2.75) is 108 Å². The average molecular weight is 776 g/mol. The second-order valence-electron chi connectivity index (χ2n) is 14.7. The zero-order chi connectivity index (χ0) is 40.0. The van der Waals surface area contributed by atoms with Crippen molar-refractivity contribution in [3.05, 3.63) is 65.7 Å². The number of amides is 5. The van der Waals surface area contributed by atoms with Crippen molar-refractivity contribution in [2.24, 2.45) is 5.92 Å². The molecule has 1 unspecified atom stereocenters. The summed E-state index contributed by atoms with van der Waals surface area (Å²) in [6.07, 6.45) is 5.95. The molecule has 15 nitrogen and oxygen atoms in total. The molecule has 5 N–H and O–H groups in total. The third-order valence-corrected chi connectivity index (χ3v) is 10.5. The average Bonchev–Trinajstić information content (AvgIpc) is 3.63. The normalized spacial score (nSPS) is 22.0. The Morgan fingerprint density at radius 2 is 1.68 bits per heavy atom. The third-order valence-electron chi connectivity index (χ3n) is 10.5. The minimum absolute atomic E-state index is 0.0427. The molecule has 1 saturated carbocycles. The molecule has 0 spiro atoms. The molecule has 0 radical (unpaired) electrons. The Balaban J connectivity index is 1.29. The number of carbonyl (C=O) groups excluding carboxylic acids is 6. The van der Waals surface area contributed by atoms with Gasteiger partial charge in [-0.3, -0.25) is 28.8 Å². The summed E-state index contributed by atoms with van der Waals surface area (Å²) in [6, 6.07) is 10.8. The number of hydrogen-bond donors (Lipinski definition) is 5. The topological polar surface area (TPSA) is 210 Å². The molecule has 5 atom stereocenters. The van der Waals surface area contributed by atoms with Crippen LogP contribution in [0.5, 0.6) is 5.75 Å². The van der Waals surface area contributed by atoms with Gasteiger partial charge >= 0.3 is 5.97 Å². The number of carboxylic acids is 1. The van der Waals surface area contributed by atoms with Crippen molar-refractivity contribution < 1.29 is 48.1 Å². The second kappa shape index (κ2) is 20.6. The van der Waals surface area contributed by atoms with Crippen molar-refractivity contribution in [2.75, 3.05) is 26.3 Å². The molecule has 1 saturated heterocycles. The monoisotopic (exact) mass is 775 g/mol. The molecule has 15 heteroatoms. The van der Waals surface area contributed by atoms with Crippen LogP contribution >= 0.6 is 0 Å². The second-order valence-corrected chi connectivity index (χ2v) is 14.7. The number of ketones is 1. The van der Waals surface area contributed by atoms with E-state index in [9.17, 15) is 38.7 Å². The summed E-state index contributed by atoms with van der Waals surface area (Å²) in [5.41, 5.74) is 1.07. The lowest BCUT2D eigenvalue weighted by atomic mass is 9.83. The molecular weight excluding hydrogens is 722 g/mol. The fourth-order valence-corrected chi connectivity index (χ4v) is 7.61. The Kier molecular flexibility index (Phi) is 15.4. The zero-order valence-corrected chi connectivity index (χ0v) is 31.8. The highest BCUT2D eigenvalue weighted by Gasteiger charge is 2.45. The maximum atomic E-state index is 14.5. The molecule has 5 rings (SSSR count). The van der Waals surface area contributed by atoms with E-state index in [1.54, 1.807) is 25.1 Å². The minimum Gasteiger partial charge on any atom is -0.494 e. The van der Waals surface area contributed by atoms with Crippen LogP contribution in [0, 0.1) is 5.92 Å². The van der Waals surface area contributed by atoms with Gasteiger partial charge in [0, 0.05) is 19.6 Å². The highest BCUT2D eigenvalue weighted by molar-refractivity contribution is 6.38. The van der Waals surface area contributed by atoms with Gasteiger partial charge in [-0.2, -0.15) is 0 Å². The number of Topliss-reactive ketones (excluding diaryl/α,β-unsaturated/α-hetero) is 1. The van der Waals surface area contributed by atoms with Crippen LogP contribution in [0.1, 0.15) is 88.3 Å². The van der Waals surface area contributed by atoms with E-state index in [4.69, 9.17) is 9.47 Å². The summed E-state index contributed by atoms with van der Waals surface area (Å²) in [5, 5.41) is 19.9. The van der Waals surface area contributed by atoms with Crippen LogP contribution in [-0.2, 0) is 44.7 Å². The molecule has 2 aromatic carbocycles. The van der Waals surface area contributed by atoms with Crippen LogP contribution in [0.2, 0.25) is 0 Å². The van der Waals surface area contributed by atoms with Crippen LogP contribution in [0.3, 0.4) is 0 Å². The van der Waals surface area contributed by atoms with Gasteiger partial charge in [-0.15, -0.1) is 0 Å². The Morgan fingerprint density at radius 1 is 0.929 bits per heavy atom. The van der Waals surface area contributed by atoms with Gasteiger partial charge in [0.15, 0.2) is 6.04 Å². The number of fused-ring (bicyclic) bond motifs is 4. The molecule has 3 aliphatic rings. The standard InChI is InChI=1S/C41H53N5O10/c1-2-12-31(37(49)39(51)42-24-34(48)45-36(41(53)54)28-16-7-4-8-17-28)43-38(50)32-23-30-25-46(32)40(52)35(27-14-5-3-6-15-27)44-33(47)22-26-13-11-18-29(21-26)55-19-9-10-20-56-30/h4,7-8,11,13,16-18,21,27,30-32,35-36H,2-3,5-6,9-10,12,14-15,19-20,22-25H2,1H3,(H,42,51)(H,43,50)(H,44,47)(H,45,48)(H,53,54)/t30-,31?,32+,35+,36+/m1/s1. The summed E-state index contributed by atoms with van der Waals surface area (Å²) in [4.78, 5) is 94.4. The van der Waals surface area contributed by atoms with E-state index in [0.29, 0.717) is 43.8 Å². The first kappa shape index (κ1) is 41.8. The van der Waals surface area contributed by atoms with Crippen LogP contribution in [0.25, 0.3) is 0 Å². The smallest absolute Gasteiger partial charge is 0.330 e. The van der Waals surface area contributed by atoms with Gasteiger partial charge in [-0.25, -0.2) is 4.79 Å². The van der Waals surface area contributed by atoms with E-state index in [1.807, 2.05) is 24.3 Å². The SMILES string of the molecule is CCCC(NC(=O)[C@@H]1C[C@@H]2CN1C(=O)[C@H](C1CCCCC1)NC(=O)Cc1cccc(c1)OCCCCO2)C(=O)C(=O)NCC(=O)N[C@H](C(=O)O)c1ccccc1. The lowest BCUT2D eigenvalue weighted by Crippen LogP contribution is -2.58. The Morgan fingerprint density at radius 3 is 2.41 bits per heavy atom. The number of nitrogens with one attached hydrogen (secondary N) is 4. The summed E-state index contributed by atoms with van der Waals surface area (Å²) >= 11 is 0. The lowest BCUT2D eigenvalue weighted by Gasteiger charge is -2.35. The fourth-order valence-electron chi connectivity index (χ4n) is 7.61. The van der Waals surface area contributed by atoms with Crippen LogP contribution < -0.4 is 26.0 Å². The number of rotatable bonds is 12. The molecule has 0 aromatic heterocycles. The van der Waals surface area contributed by atoms with Gasteiger partial charge in [-0.05, 0) is 61.3 Å². The molecule has 302 valence electrons. The quantitative estimate of drug-likeness (QED) is 0.199.